The van der Waals surface area contributed by atoms with Crippen molar-refractivity contribution in [3.8, 4) is 0 Å². The summed E-state index contributed by atoms with van der Waals surface area (Å²) in [4.78, 5) is 13.7. The van der Waals surface area contributed by atoms with Crippen LogP contribution >= 0.6 is 0 Å². The number of carboxylic acid groups (broad SMARTS) is 1. The SMILES string of the molecule is O=C(O)[C@H]1CCCCN1CC=C1c2ccccc2CCc2ccccc21. The molecule has 0 amide bonds. The van der Waals surface area contributed by atoms with Gasteiger partial charge in [-0.25, -0.2) is 0 Å². The van der Waals surface area contributed by atoms with Crippen LogP contribution in [-0.4, -0.2) is 35.1 Å². The number of rotatable bonds is 3. The Morgan fingerprint density at radius 1 is 1.00 bits per heavy atom. The second-order valence-electron chi connectivity index (χ2n) is 7.28. The van der Waals surface area contributed by atoms with Crippen molar-refractivity contribution in [1.29, 1.82) is 0 Å². The predicted molar refractivity (Wildman–Crippen MR) is 104 cm³/mol. The minimum atomic E-state index is -0.690. The Kier molecular flexibility index (Phi) is 4.89. The lowest BCUT2D eigenvalue weighted by Crippen LogP contribution is -2.44. The summed E-state index contributed by atoms with van der Waals surface area (Å²) >= 11 is 0. The number of carbonyl (C=O) groups is 1. The lowest BCUT2D eigenvalue weighted by atomic mass is 9.93. The molecule has 2 aliphatic rings. The first-order chi connectivity index (χ1) is 12.7. The molecule has 1 atom stereocenters. The highest BCUT2D eigenvalue weighted by Crippen LogP contribution is 2.33. The lowest BCUT2D eigenvalue weighted by molar-refractivity contribution is -0.144. The molecule has 1 aliphatic carbocycles. The van der Waals surface area contributed by atoms with E-state index in [1.54, 1.807) is 0 Å². The average molecular weight is 347 g/mol. The van der Waals surface area contributed by atoms with Gasteiger partial charge in [-0.1, -0.05) is 61.0 Å². The summed E-state index contributed by atoms with van der Waals surface area (Å²) in [6.07, 6.45) is 7.20. The smallest absolute Gasteiger partial charge is 0.320 e. The van der Waals surface area contributed by atoms with Gasteiger partial charge >= 0.3 is 5.97 Å². The molecular formula is C23H25NO2. The van der Waals surface area contributed by atoms with Crippen LogP contribution in [0.3, 0.4) is 0 Å². The molecule has 0 bridgehead atoms. The fourth-order valence-electron chi connectivity index (χ4n) is 4.33. The molecule has 4 rings (SSSR count). The molecule has 0 radical (unpaired) electrons. The lowest BCUT2D eigenvalue weighted by Gasteiger charge is -2.32. The standard InChI is InChI=1S/C23H25NO2/c25-23(26)22-11-5-6-15-24(22)16-14-21-19-9-3-1-7-17(19)12-13-18-8-2-4-10-20(18)21/h1-4,7-10,14,22H,5-6,11-13,15-16H2,(H,25,26)/t22-/m1/s1. The highest BCUT2D eigenvalue weighted by Gasteiger charge is 2.28. The molecule has 1 aliphatic heterocycles. The zero-order chi connectivity index (χ0) is 17.9. The number of hydrogen-bond donors (Lipinski definition) is 1. The number of benzene rings is 2. The van der Waals surface area contributed by atoms with Gasteiger partial charge in [0, 0.05) is 6.54 Å². The van der Waals surface area contributed by atoms with E-state index in [9.17, 15) is 9.90 Å². The van der Waals surface area contributed by atoms with Crippen LogP contribution in [0.5, 0.6) is 0 Å². The Bertz CT molecular complexity index is 790. The summed E-state index contributed by atoms with van der Waals surface area (Å²) < 4.78 is 0. The highest BCUT2D eigenvalue weighted by molar-refractivity contribution is 5.84. The maximum atomic E-state index is 11.6. The van der Waals surface area contributed by atoms with E-state index in [4.69, 9.17) is 0 Å². The predicted octanol–water partition coefficient (Wildman–Crippen LogP) is 4.16. The number of fused-ring (bicyclic) bond motifs is 2. The van der Waals surface area contributed by atoms with Crippen LogP contribution in [0.15, 0.2) is 54.6 Å². The van der Waals surface area contributed by atoms with Crippen molar-refractivity contribution in [3.63, 3.8) is 0 Å². The van der Waals surface area contributed by atoms with E-state index in [0.717, 1.165) is 38.6 Å². The fourth-order valence-corrected chi connectivity index (χ4v) is 4.33. The number of aryl methyl sites for hydroxylation is 2. The molecule has 1 fully saturated rings. The summed E-state index contributed by atoms with van der Waals surface area (Å²) in [6, 6.07) is 16.9. The molecule has 3 nitrogen and oxygen atoms in total. The minimum absolute atomic E-state index is 0.350. The normalized spacial score (nSPS) is 20.0. The molecule has 1 heterocycles. The summed E-state index contributed by atoms with van der Waals surface area (Å²) in [5.41, 5.74) is 6.60. The third-order valence-electron chi connectivity index (χ3n) is 5.71. The van der Waals surface area contributed by atoms with Gasteiger partial charge in [-0.05, 0) is 60.1 Å². The van der Waals surface area contributed by atoms with Crippen molar-refractivity contribution in [3.05, 3.63) is 76.9 Å². The Labute approximate surface area is 155 Å². The van der Waals surface area contributed by atoms with E-state index >= 15 is 0 Å². The molecule has 0 aromatic heterocycles. The van der Waals surface area contributed by atoms with Gasteiger partial charge in [-0.15, -0.1) is 0 Å². The van der Waals surface area contributed by atoms with E-state index < -0.39 is 5.97 Å². The first-order valence-corrected chi connectivity index (χ1v) is 9.57. The van der Waals surface area contributed by atoms with Crippen LogP contribution < -0.4 is 0 Å². The zero-order valence-corrected chi connectivity index (χ0v) is 15.0. The molecule has 2 aromatic rings. The number of piperidine rings is 1. The van der Waals surface area contributed by atoms with Gasteiger partial charge in [0.05, 0.1) is 0 Å². The van der Waals surface area contributed by atoms with Gasteiger partial charge in [0.2, 0.25) is 0 Å². The third-order valence-corrected chi connectivity index (χ3v) is 5.71. The minimum Gasteiger partial charge on any atom is -0.480 e. The molecule has 3 heteroatoms. The van der Waals surface area contributed by atoms with Gasteiger partial charge < -0.3 is 5.11 Å². The fraction of sp³-hybridized carbons (Fsp3) is 0.348. The molecule has 134 valence electrons. The van der Waals surface area contributed by atoms with Crippen LogP contribution in [0.4, 0.5) is 0 Å². The zero-order valence-electron chi connectivity index (χ0n) is 15.0. The molecule has 0 saturated carbocycles. The average Bonchev–Trinajstić information content (AvgIpc) is 2.83. The maximum absolute atomic E-state index is 11.6. The Morgan fingerprint density at radius 2 is 1.62 bits per heavy atom. The number of hydrogen-bond acceptors (Lipinski definition) is 2. The topological polar surface area (TPSA) is 40.5 Å². The van der Waals surface area contributed by atoms with E-state index in [-0.39, 0.29) is 6.04 Å². The van der Waals surface area contributed by atoms with Crippen LogP contribution in [-0.2, 0) is 17.6 Å². The first kappa shape index (κ1) is 17.0. The van der Waals surface area contributed by atoms with Gasteiger partial charge in [0.25, 0.3) is 0 Å². The van der Waals surface area contributed by atoms with Crippen molar-refractivity contribution >= 4 is 11.5 Å². The Hall–Kier alpha value is -2.39. The van der Waals surface area contributed by atoms with Crippen molar-refractivity contribution in [2.45, 2.75) is 38.1 Å². The van der Waals surface area contributed by atoms with Crippen LogP contribution in [0.1, 0.15) is 41.5 Å². The monoisotopic (exact) mass is 347 g/mol. The van der Waals surface area contributed by atoms with Gasteiger partial charge in [0.1, 0.15) is 6.04 Å². The molecule has 0 spiro atoms. The molecule has 2 aromatic carbocycles. The van der Waals surface area contributed by atoms with E-state index in [0.29, 0.717) is 6.54 Å². The first-order valence-electron chi connectivity index (χ1n) is 9.57. The summed E-state index contributed by atoms with van der Waals surface area (Å²) in [6.45, 7) is 1.55. The molecule has 0 unspecified atom stereocenters. The van der Waals surface area contributed by atoms with Gasteiger partial charge in [0.15, 0.2) is 0 Å². The number of nitrogens with zero attached hydrogens (tertiary/aromatic N) is 1. The Morgan fingerprint density at radius 3 is 2.23 bits per heavy atom. The third kappa shape index (κ3) is 3.32. The number of carboxylic acids is 1. The summed E-state index contributed by atoms with van der Waals surface area (Å²) in [5, 5.41) is 9.54. The van der Waals surface area contributed by atoms with Gasteiger partial charge in [-0.3, -0.25) is 9.69 Å². The van der Waals surface area contributed by atoms with Crippen molar-refractivity contribution in [2.24, 2.45) is 0 Å². The van der Waals surface area contributed by atoms with E-state index in [1.165, 1.54) is 27.8 Å². The second kappa shape index (κ2) is 7.46. The molecule has 26 heavy (non-hydrogen) atoms. The van der Waals surface area contributed by atoms with Crippen molar-refractivity contribution < 1.29 is 9.90 Å². The quantitative estimate of drug-likeness (QED) is 0.906. The number of likely N-dealkylation sites (tertiary alicyclic amines) is 1. The maximum Gasteiger partial charge on any atom is 0.320 e. The van der Waals surface area contributed by atoms with Crippen molar-refractivity contribution in [1.82, 2.24) is 4.90 Å². The number of aliphatic carboxylic acids is 1. The van der Waals surface area contributed by atoms with Crippen molar-refractivity contribution in [2.75, 3.05) is 13.1 Å². The molecule has 1 N–H and O–H groups in total. The summed E-state index contributed by atoms with van der Waals surface area (Å²) in [5.74, 6) is -0.690. The molecule has 1 saturated heterocycles. The van der Waals surface area contributed by atoms with Crippen LogP contribution in [0, 0.1) is 0 Å². The van der Waals surface area contributed by atoms with Gasteiger partial charge in [-0.2, -0.15) is 0 Å². The second-order valence-corrected chi connectivity index (χ2v) is 7.28. The molecular weight excluding hydrogens is 322 g/mol. The van der Waals surface area contributed by atoms with Crippen LogP contribution in [0.2, 0.25) is 0 Å². The van der Waals surface area contributed by atoms with E-state index in [1.807, 2.05) is 0 Å². The van der Waals surface area contributed by atoms with Crippen LogP contribution in [0.25, 0.3) is 5.57 Å². The largest absolute Gasteiger partial charge is 0.480 e. The Balaban J connectivity index is 1.72. The van der Waals surface area contributed by atoms with E-state index in [2.05, 4.69) is 59.5 Å². The summed E-state index contributed by atoms with van der Waals surface area (Å²) in [7, 11) is 0. The highest BCUT2D eigenvalue weighted by atomic mass is 16.4.